The molecule has 8 nitrogen and oxygen atoms in total. The third kappa shape index (κ3) is 8.15. The fourth-order valence-corrected chi connectivity index (χ4v) is 5.96. The highest BCUT2D eigenvalue weighted by Gasteiger charge is 2.34. The van der Waals surface area contributed by atoms with E-state index in [1.807, 2.05) is 13.8 Å². The van der Waals surface area contributed by atoms with Crippen molar-refractivity contribution >= 4 is 50.7 Å². The third-order valence-electron chi connectivity index (χ3n) is 6.68. The van der Waals surface area contributed by atoms with Crippen molar-refractivity contribution in [3.8, 4) is 5.75 Å². The SMILES string of the molecule is CC[C@@H](C)NC(=O)[C@H](CC)N(Cc1ccc(Cl)c(Cl)c1)C(=O)CN(c1cccc(OC)c1)S(=O)(=O)c1ccccc1. The van der Waals surface area contributed by atoms with Gasteiger partial charge in [0.1, 0.15) is 18.3 Å². The first-order chi connectivity index (χ1) is 19.5. The Morgan fingerprint density at radius 3 is 2.24 bits per heavy atom. The van der Waals surface area contributed by atoms with E-state index >= 15 is 0 Å². The van der Waals surface area contributed by atoms with Crippen LogP contribution in [-0.2, 0) is 26.2 Å². The van der Waals surface area contributed by atoms with Crippen LogP contribution < -0.4 is 14.4 Å². The lowest BCUT2D eigenvalue weighted by Gasteiger charge is -2.33. The van der Waals surface area contributed by atoms with E-state index in [9.17, 15) is 18.0 Å². The Bertz CT molecular complexity index is 1450. The number of carbonyl (C=O) groups is 2. The Balaban J connectivity index is 2.08. The molecular formula is C30H35Cl2N3O5S. The van der Waals surface area contributed by atoms with Crippen LogP contribution in [0.2, 0.25) is 10.0 Å². The Morgan fingerprint density at radius 2 is 1.63 bits per heavy atom. The highest BCUT2D eigenvalue weighted by Crippen LogP contribution is 2.28. The molecule has 220 valence electrons. The van der Waals surface area contributed by atoms with E-state index in [1.165, 1.54) is 24.1 Å². The largest absolute Gasteiger partial charge is 0.497 e. The van der Waals surface area contributed by atoms with Crippen molar-refractivity contribution in [2.24, 2.45) is 0 Å². The molecule has 0 aliphatic carbocycles. The molecule has 0 saturated heterocycles. The van der Waals surface area contributed by atoms with E-state index in [2.05, 4.69) is 5.32 Å². The summed E-state index contributed by atoms with van der Waals surface area (Å²) in [6.07, 6.45) is 1.02. The average molecular weight is 621 g/mol. The molecule has 2 atom stereocenters. The van der Waals surface area contributed by atoms with Crippen LogP contribution in [0.4, 0.5) is 5.69 Å². The quantitative estimate of drug-likeness (QED) is 0.256. The zero-order valence-electron chi connectivity index (χ0n) is 23.5. The number of methoxy groups -OCH3 is 1. The van der Waals surface area contributed by atoms with Crippen LogP contribution in [0.1, 0.15) is 39.2 Å². The molecule has 3 rings (SSSR count). The molecule has 3 aromatic carbocycles. The summed E-state index contributed by atoms with van der Waals surface area (Å²) in [5.41, 5.74) is 0.884. The smallest absolute Gasteiger partial charge is 0.264 e. The summed E-state index contributed by atoms with van der Waals surface area (Å²) in [7, 11) is -2.70. The molecule has 0 bridgehead atoms. The molecule has 2 amide bonds. The van der Waals surface area contributed by atoms with Gasteiger partial charge in [-0.2, -0.15) is 0 Å². The van der Waals surface area contributed by atoms with Gasteiger partial charge < -0.3 is 15.0 Å². The van der Waals surface area contributed by atoms with Gasteiger partial charge >= 0.3 is 0 Å². The van der Waals surface area contributed by atoms with Gasteiger partial charge in [0.05, 0.1) is 27.7 Å². The average Bonchev–Trinajstić information content (AvgIpc) is 2.97. The van der Waals surface area contributed by atoms with Gasteiger partial charge in [0.2, 0.25) is 11.8 Å². The van der Waals surface area contributed by atoms with Gasteiger partial charge in [0, 0.05) is 18.7 Å². The standard InChI is InChI=1S/C30H35Cl2N3O5S/c1-5-21(3)33-30(37)28(6-2)34(19-22-15-16-26(31)27(32)17-22)29(36)20-35(23-11-10-12-24(18-23)40-4)41(38,39)25-13-8-7-9-14-25/h7-18,21,28H,5-6,19-20H2,1-4H3,(H,33,37)/t21-,28+/m1/s1. The third-order valence-corrected chi connectivity index (χ3v) is 9.20. The number of rotatable bonds is 13. The molecule has 0 fully saturated rings. The minimum atomic E-state index is -4.18. The number of halogens is 2. The molecular weight excluding hydrogens is 585 g/mol. The van der Waals surface area contributed by atoms with Crippen molar-refractivity contribution in [3.63, 3.8) is 0 Å². The van der Waals surface area contributed by atoms with Gasteiger partial charge in [0.15, 0.2) is 0 Å². The van der Waals surface area contributed by atoms with E-state index in [0.717, 1.165) is 4.31 Å². The topological polar surface area (TPSA) is 96.0 Å². The number of ether oxygens (including phenoxy) is 1. The number of anilines is 1. The number of benzene rings is 3. The first kappa shape index (κ1) is 32.2. The lowest BCUT2D eigenvalue weighted by atomic mass is 10.1. The number of hydrogen-bond donors (Lipinski definition) is 1. The molecule has 41 heavy (non-hydrogen) atoms. The number of sulfonamides is 1. The number of nitrogens with one attached hydrogen (secondary N) is 1. The van der Waals surface area contributed by atoms with Crippen LogP contribution in [0.15, 0.2) is 77.7 Å². The molecule has 0 aliphatic rings. The molecule has 1 N–H and O–H groups in total. The highest BCUT2D eigenvalue weighted by atomic mass is 35.5. The first-order valence-electron chi connectivity index (χ1n) is 13.3. The zero-order chi connectivity index (χ0) is 30.2. The van der Waals surface area contributed by atoms with Crippen LogP contribution in [0.3, 0.4) is 0 Å². The first-order valence-corrected chi connectivity index (χ1v) is 15.5. The molecule has 0 heterocycles. The summed E-state index contributed by atoms with van der Waals surface area (Å²) >= 11 is 12.3. The second kappa shape index (κ2) is 14.6. The zero-order valence-corrected chi connectivity index (χ0v) is 25.8. The summed E-state index contributed by atoms with van der Waals surface area (Å²) in [6, 6.07) is 18.3. The van der Waals surface area contributed by atoms with Crippen molar-refractivity contribution in [1.29, 1.82) is 0 Å². The van der Waals surface area contributed by atoms with Gasteiger partial charge in [0.25, 0.3) is 10.0 Å². The fraction of sp³-hybridized carbons (Fsp3) is 0.333. The Hall–Kier alpha value is -3.27. The van der Waals surface area contributed by atoms with E-state index in [0.29, 0.717) is 34.2 Å². The molecule has 3 aromatic rings. The molecule has 0 spiro atoms. The van der Waals surface area contributed by atoms with E-state index in [4.69, 9.17) is 27.9 Å². The Morgan fingerprint density at radius 1 is 0.927 bits per heavy atom. The lowest BCUT2D eigenvalue weighted by Crippen LogP contribution is -2.53. The van der Waals surface area contributed by atoms with Gasteiger partial charge in [-0.25, -0.2) is 8.42 Å². The van der Waals surface area contributed by atoms with Crippen LogP contribution in [-0.4, -0.2) is 50.9 Å². The van der Waals surface area contributed by atoms with Crippen molar-refractivity contribution in [2.45, 2.75) is 57.1 Å². The van der Waals surface area contributed by atoms with Crippen molar-refractivity contribution < 1.29 is 22.7 Å². The fourth-order valence-electron chi connectivity index (χ4n) is 4.21. The summed E-state index contributed by atoms with van der Waals surface area (Å²) in [4.78, 5) is 28.9. The summed E-state index contributed by atoms with van der Waals surface area (Å²) < 4.78 is 34.1. The second-order valence-corrected chi connectivity index (χ2v) is 12.2. The van der Waals surface area contributed by atoms with Gasteiger partial charge in [-0.15, -0.1) is 0 Å². The minimum Gasteiger partial charge on any atom is -0.497 e. The van der Waals surface area contributed by atoms with Crippen LogP contribution in [0, 0.1) is 0 Å². The molecule has 11 heteroatoms. The Labute approximate surface area is 252 Å². The van der Waals surface area contributed by atoms with Crippen molar-refractivity contribution in [2.75, 3.05) is 18.0 Å². The second-order valence-electron chi connectivity index (χ2n) is 9.54. The van der Waals surface area contributed by atoms with E-state index < -0.39 is 28.5 Å². The van der Waals surface area contributed by atoms with Crippen molar-refractivity contribution in [1.82, 2.24) is 10.2 Å². The van der Waals surface area contributed by atoms with E-state index in [1.54, 1.807) is 67.6 Å². The number of amides is 2. The van der Waals surface area contributed by atoms with Gasteiger partial charge in [-0.05, 0) is 61.7 Å². The highest BCUT2D eigenvalue weighted by molar-refractivity contribution is 7.92. The maximum Gasteiger partial charge on any atom is 0.264 e. The number of hydrogen-bond acceptors (Lipinski definition) is 5. The molecule has 0 aromatic heterocycles. The normalized spacial score (nSPS) is 12.7. The van der Waals surface area contributed by atoms with E-state index in [-0.39, 0.29) is 29.1 Å². The monoisotopic (exact) mass is 619 g/mol. The number of carbonyl (C=O) groups excluding carboxylic acids is 2. The molecule has 0 aliphatic heterocycles. The molecule has 0 radical (unpaired) electrons. The van der Waals surface area contributed by atoms with Crippen LogP contribution in [0.5, 0.6) is 5.75 Å². The van der Waals surface area contributed by atoms with Crippen LogP contribution >= 0.6 is 23.2 Å². The molecule has 0 saturated carbocycles. The van der Waals surface area contributed by atoms with Gasteiger partial charge in [-0.1, -0.05) is 67.4 Å². The Kier molecular flexibility index (Phi) is 11.5. The maximum absolute atomic E-state index is 14.1. The van der Waals surface area contributed by atoms with Crippen molar-refractivity contribution in [3.05, 3.63) is 88.4 Å². The maximum atomic E-state index is 14.1. The minimum absolute atomic E-state index is 0.0134. The summed E-state index contributed by atoms with van der Waals surface area (Å²) in [5, 5.41) is 3.61. The van der Waals surface area contributed by atoms with Crippen LogP contribution in [0.25, 0.3) is 0 Å². The molecule has 0 unspecified atom stereocenters. The summed E-state index contributed by atoms with van der Waals surface area (Å²) in [6.45, 7) is 5.09. The summed E-state index contributed by atoms with van der Waals surface area (Å²) in [5.74, 6) is -0.464. The predicted octanol–water partition coefficient (Wildman–Crippen LogP) is 5.92. The number of nitrogens with zero attached hydrogens (tertiary/aromatic N) is 2. The predicted molar refractivity (Wildman–Crippen MR) is 163 cm³/mol. The lowest BCUT2D eigenvalue weighted by molar-refractivity contribution is -0.140. The van der Waals surface area contributed by atoms with Gasteiger partial charge in [-0.3, -0.25) is 13.9 Å².